The van der Waals surface area contributed by atoms with Gasteiger partial charge in [0.25, 0.3) is 5.91 Å². The van der Waals surface area contributed by atoms with E-state index >= 15 is 0 Å². The smallest absolute Gasteiger partial charge is 0.253 e. The van der Waals surface area contributed by atoms with Crippen LogP contribution in [0.4, 0.5) is 5.82 Å². The van der Waals surface area contributed by atoms with E-state index < -0.39 is 0 Å². The number of thioether (sulfide) groups is 1. The van der Waals surface area contributed by atoms with E-state index in [-0.39, 0.29) is 24.6 Å². The van der Waals surface area contributed by atoms with E-state index in [1.807, 2.05) is 48.7 Å². The predicted molar refractivity (Wildman–Crippen MR) is 142 cm³/mol. The van der Waals surface area contributed by atoms with Crippen LogP contribution in [0.1, 0.15) is 35.8 Å². The maximum atomic E-state index is 12.6. The summed E-state index contributed by atoms with van der Waals surface area (Å²) >= 11 is 1.54. The van der Waals surface area contributed by atoms with Crippen molar-refractivity contribution in [3.05, 3.63) is 72.3 Å². The number of rotatable bonds is 6. The zero-order valence-electron chi connectivity index (χ0n) is 20.3. The average molecular weight is 501 g/mol. The van der Waals surface area contributed by atoms with Crippen molar-refractivity contribution in [2.75, 3.05) is 17.7 Å². The van der Waals surface area contributed by atoms with Gasteiger partial charge in [-0.2, -0.15) is 0 Å². The van der Waals surface area contributed by atoms with E-state index in [9.17, 15) is 9.90 Å². The molecule has 4 aromatic heterocycles. The van der Waals surface area contributed by atoms with Crippen LogP contribution in [0.25, 0.3) is 22.3 Å². The summed E-state index contributed by atoms with van der Waals surface area (Å²) < 4.78 is 0. The number of hydrogen-bond donors (Lipinski definition) is 2. The highest BCUT2D eigenvalue weighted by Gasteiger charge is 2.25. The number of aliphatic hydroxyl groups excluding tert-OH is 1. The number of carbonyl (C=O) groups is 1. The molecular weight excluding hydrogens is 472 g/mol. The van der Waals surface area contributed by atoms with Crippen LogP contribution in [0.2, 0.25) is 0 Å². The summed E-state index contributed by atoms with van der Waals surface area (Å²) in [6.45, 7) is 3.19. The number of carbonyl (C=O) groups excluding carboxylic acids is 1. The Morgan fingerprint density at radius 1 is 1.14 bits per heavy atom. The van der Waals surface area contributed by atoms with Crippen molar-refractivity contribution in [3.63, 3.8) is 0 Å². The van der Waals surface area contributed by atoms with Crippen molar-refractivity contribution in [2.24, 2.45) is 0 Å². The van der Waals surface area contributed by atoms with Crippen LogP contribution in [0, 0.1) is 0 Å². The molecule has 9 heteroatoms. The molecular formula is C27H28N6O2S. The molecule has 1 amide bonds. The topological polar surface area (TPSA) is 104 Å². The summed E-state index contributed by atoms with van der Waals surface area (Å²) in [6.07, 6.45) is 8.26. The summed E-state index contributed by atoms with van der Waals surface area (Å²) in [5.41, 5.74) is 3.60. The maximum Gasteiger partial charge on any atom is 0.253 e. The van der Waals surface area contributed by atoms with E-state index in [2.05, 4.69) is 27.1 Å². The lowest BCUT2D eigenvalue weighted by Crippen LogP contribution is -2.43. The van der Waals surface area contributed by atoms with E-state index in [1.165, 1.54) is 0 Å². The molecule has 1 aliphatic rings. The Hall–Kier alpha value is -3.56. The molecule has 5 heterocycles. The predicted octanol–water partition coefficient (Wildman–Crippen LogP) is 4.09. The first kappa shape index (κ1) is 24.1. The lowest BCUT2D eigenvalue weighted by atomic mass is 10.0. The maximum absolute atomic E-state index is 12.6. The SMILES string of the molecule is CSc1cncc(C(=O)NCc2cc3nc(-c4cccc(N5CCC(O)CC5C)n4)ccc3cn2)c1. The highest BCUT2D eigenvalue weighted by molar-refractivity contribution is 7.98. The molecule has 1 fully saturated rings. The Balaban J connectivity index is 1.34. The van der Waals surface area contributed by atoms with E-state index in [1.54, 1.807) is 30.4 Å². The van der Waals surface area contributed by atoms with Crippen LogP contribution >= 0.6 is 11.8 Å². The Morgan fingerprint density at radius 3 is 2.83 bits per heavy atom. The minimum atomic E-state index is -0.244. The summed E-state index contributed by atoms with van der Waals surface area (Å²) in [6, 6.07) is 13.8. The van der Waals surface area contributed by atoms with Crippen LogP contribution in [-0.4, -0.2) is 55.9 Å². The molecule has 0 aromatic carbocycles. The number of nitrogens with one attached hydrogen (secondary N) is 1. The second kappa shape index (κ2) is 10.6. The van der Waals surface area contributed by atoms with Gasteiger partial charge in [0.2, 0.25) is 0 Å². The third kappa shape index (κ3) is 5.32. The van der Waals surface area contributed by atoms with Gasteiger partial charge in [-0.05, 0) is 62.4 Å². The van der Waals surface area contributed by atoms with Crippen molar-refractivity contribution in [3.8, 4) is 11.4 Å². The van der Waals surface area contributed by atoms with Gasteiger partial charge in [-0.1, -0.05) is 6.07 Å². The second-order valence-electron chi connectivity index (χ2n) is 8.96. The van der Waals surface area contributed by atoms with Crippen LogP contribution < -0.4 is 10.2 Å². The molecule has 0 saturated carbocycles. The minimum Gasteiger partial charge on any atom is -0.393 e. The first-order valence-electron chi connectivity index (χ1n) is 11.9. The molecule has 2 N–H and O–H groups in total. The number of pyridine rings is 4. The van der Waals surface area contributed by atoms with Crippen molar-refractivity contribution >= 4 is 34.4 Å². The third-order valence-electron chi connectivity index (χ3n) is 6.41. The first-order valence-corrected chi connectivity index (χ1v) is 13.2. The highest BCUT2D eigenvalue weighted by atomic mass is 32.2. The zero-order valence-corrected chi connectivity index (χ0v) is 21.1. The standard InChI is InChI=1S/C27H28N6O2S/c1-17-10-21(34)8-9-33(17)26-5-3-4-23(32-26)24-7-6-18-14-29-20(12-25(18)31-24)15-30-27(35)19-11-22(36-2)16-28-13-19/h3-7,11-14,16-17,21,34H,8-10,15H2,1-2H3,(H,30,35). The van der Waals surface area contributed by atoms with Crippen LogP contribution in [0.5, 0.6) is 0 Å². The van der Waals surface area contributed by atoms with Gasteiger partial charge in [0.1, 0.15) is 5.82 Å². The molecule has 8 nitrogen and oxygen atoms in total. The largest absolute Gasteiger partial charge is 0.393 e. The minimum absolute atomic E-state index is 0.192. The quantitative estimate of drug-likeness (QED) is 0.382. The molecule has 0 spiro atoms. The monoisotopic (exact) mass is 500 g/mol. The Bertz CT molecular complexity index is 1400. The number of hydrogen-bond acceptors (Lipinski definition) is 8. The average Bonchev–Trinajstić information content (AvgIpc) is 2.91. The normalized spacial score (nSPS) is 17.8. The number of nitrogens with zero attached hydrogens (tertiary/aromatic N) is 5. The molecule has 1 saturated heterocycles. The second-order valence-corrected chi connectivity index (χ2v) is 9.84. The number of aromatic nitrogens is 4. The van der Waals surface area contributed by atoms with Crippen molar-refractivity contribution < 1.29 is 9.90 Å². The molecule has 4 aromatic rings. The lowest BCUT2D eigenvalue weighted by Gasteiger charge is -2.36. The van der Waals surface area contributed by atoms with Crippen molar-refractivity contribution in [1.29, 1.82) is 0 Å². The third-order valence-corrected chi connectivity index (χ3v) is 7.11. The molecule has 2 unspecified atom stereocenters. The fourth-order valence-electron chi connectivity index (χ4n) is 4.44. The Morgan fingerprint density at radius 2 is 2.00 bits per heavy atom. The molecule has 1 aliphatic heterocycles. The van der Waals surface area contributed by atoms with E-state index in [4.69, 9.17) is 9.97 Å². The first-order chi connectivity index (χ1) is 17.5. The van der Waals surface area contributed by atoms with Crippen LogP contribution in [0.15, 0.2) is 66.0 Å². The molecule has 184 valence electrons. The van der Waals surface area contributed by atoms with Crippen molar-refractivity contribution in [2.45, 2.75) is 43.4 Å². The van der Waals surface area contributed by atoms with Gasteiger partial charge >= 0.3 is 0 Å². The number of piperidine rings is 1. The van der Waals surface area contributed by atoms with E-state index in [0.29, 0.717) is 5.56 Å². The van der Waals surface area contributed by atoms with Gasteiger partial charge in [-0.15, -0.1) is 11.8 Å². The van der Waals surface area contributed by atoms with Gasteiger partial charge < -0.3 is 15.3 Å². The van der Waals surface area contributed by atoms with Crippen LogP contribution in [0.3, 0.4) is 0 Å². The fourth-order valence-corrected chi connectivity index (χ4v) is 4.85. The Labute approximate surface area is 214 Å². The molecule has 0 aliphatic carbocycles. The number of fused-ring (bicyclic) bond motifs is 1. The highest BCUT2D eigenvalue weighted by Crippen LogP contribution is 2.26. The number of aliphatic hydroxyl groups is 1. The summed E-state index contributed by atoms with van der Waals surface area (Å²) in [5, 5.41) is 13.8. The summed E-state index contributed by atoms with van der Waals surface area (Å²) in [5.74, 6) is 0.703. The lowest BCUT2D eigenvalue weighted by molar-refractivity contribution is 0.0949. The van der Waals surface area contributed by atoms with Gasteiger partial charge in [0.15, 0.2) is 0 Å². The molecule has 36 heavy (non-hydrogen) atoms. The van der Waals surface area contributed by atoms with Crippen molar-refractivity contribution in [1.82, 2.24) is 25.3 Å². The molecule has 2 atom stereocenters. The van der Waals surface area contributed by atoms with Crippen LogP contribution in [-0.2, 0) is 6.54 Å². The van der Waals surface area contributed by atoms with Gasteiger partial charge in [0.05, 0.1) is 40.8 Å². The molecule has 0 bridgehead atoms. The van der Waals surface area contributed by atoms with Gasteiger partial charge in [-0.3, -0.25) is 14.8 Å². The zero-order chi connectivity index (χ0) is 25.1. The Kier molecular flexibility index (Phi) is 7.11. The van der Waals surface area contributed by atoms with Gasteiger partial charge in [0, 0.05) is 41.5 Å². The number of amides is 1. The van der Waals surface area contributed by atoms with E-state index in [0.717, 1.165) is 58.1 Å². The summed E-state index contributed by atoms with van der Waals surface area (Å²) in [7, 11) is 0. The van der Waals surface area contributed by atoms with Gasteiger partial charge in [-0.25, -0.2) is 9.97 Å². The molecule has 5 rings (SSSR count). The molecule has 0 radical (unpaired) electrons. The summed E-state index contributed by atoms with van der Waals surface area (Å²) in [4.78, 5) is 34.1. The number of anilines is 1. The fraction of sp³-hybridized carbons (Fsp3) is 0.296.